The van der Waals surface area contributed by atoms with Gasteiger partial charge in [-0.2, -0.15) is 10.1 Å². The summed E-state index contributed by atoms with van der Waals surface area (Å²) in [7, 11) is 2.07. The van der Waals surface area contributed by atoms with E-state index in [0.717, 1.165) is 54.1 Å². The zero-order chi connectivity index (χ0) is 22.8. The highest BCUT2D eigenvalue weighted by Gasteiger charge is 2.21. The van der Waals surface area contributed by atoms with Crippen molar-refractivity contribution in [1.82, 2.24) is 24.6 Å². The van der Waals surface area contributed by atoms with Crippen molar-refractivity contribution < 1.29 is 9.53 Å². The summed E-state index contributed by atoms with van der Waals surface area (Å²) in [5.74, 6) is 0.403. The number of carbonyl (C=O) groups excluding carboxylic acids is 1. The van der Waals surface area contributed by atoms with Crippen LogP contribution in [0.15, 0.2) is 66.7 Å². The molecule has 1 aliphatic rings. The van der Waals surface area contributed by atoms with E-state index < -0.39 is 0 Å². The van der Waals surface area contributed by atoms with Gasteiger partial charge >= 0.3 is 0 Å². The molecule has 3 heterocycles. The molecule has 0 saturated carbocycles. The van der Waals surface area contributed by atoms with E-state index in [0.29, 0.717) is 11.5 Å². The SMILES string of the molecule is Cc1nn(-c2ccccc2)c2nc(OCC(=O)N3CCN(C)CC3)cc(-c3ccccc3)c12. The second-order valence-corrected chi connectivity index (χ2v) is 8.38. The molecule has 0 unspecified atom stereocenters. The Bertz CT molecular complexity index is 1260. The number of nitrogens with zero attached hydrogens (tertiary/aromatic N) is 5. The first kappa shape index (κ1) is 21.2. The fourth-order valence-corrected chi connectivity index (χ4v) is 4.22. The van der Waals surface area contributed by atoms with Gasteiger partial charge in [0.1, 0.15) is 0 Å². The summed E-state index contributed by atoms with van der Waals surface area (Å²) in [5, 5.41) is 5.76. The highest BCUT2D eigenvalue weighted by molar-refractivity contribution is 5.96. The van der Waals surface area contributed by atoms with E-state index in [1.807, 2.05) is 71.1 Å². The molecular weight excluding hydrogens is 414 g/mol. The number of ether oxygens (including phenoxy) is 1. The van der Waals surface area contributed by atoms with Crippen LogP contribution in [0.5, 0.6) is 5.88 Å². The van der Waals surface area contributed by atoms with Crippen LogP contribution >= 0.6 is 0 Å². The van der Waals surface area contributed by atoms with Gasteiger partial charge in [0.15, 0.2) is 12.3 Å². The topological polar surface area (TPSA) is 63.5 Å². The summed E-state index contributed by atoms with van der Waals surface area (Å²) < 4.78 is 7.80. The molecule has 0 spiro atoms. The summed E-state index contributed by atoms with van der Waals surface area (Å²) in [6, 6.07) is 22.0. The molecule has 5 rings (SSSR count). The molecule has 0 bridgehead atoms. The smallest absolute Gasteiger partial charge is 0.260 e. The third-order valence-electron chi connectivity index (χ3n) is 6.07. The number of benzene rings is 2. The number of likely N-dealkylation sites (N-methyl/N-ethyl adjacent to an activating group) is 1. The number of rotatable bonds is 5. The second kappa shape index (κ2) is 9.03. The Kier molecular flexibility index (Phi) is 5.79. The third kappa shape index (κ3) is 4.32. The van der Waals surface area contributed by atoms with Crippen molar-refractivity contribution in [3.63, 3.8) is 0 Å². The van der Waals surface area contributed by atoms with Gasteiger partial charge in [-0.3, -0.25) is 4.79 Å². The van der Waals surface area contributed by atoms with Crippen LogP contribution in [-0.4, -0.2) is 70.3 Å². The molecule has 1 aliphatic heterocycles. The van der Waals surface area contributed by atoms with Crippen LogP contribution in [0.25, 0.3) is 27.8 Å². The van der Waals surface area contributed by atoms with Gasteiger partial charge in [-0.1, -0.05) is 48.5 Å². The molecule has 0 radical (unpaired) electrons. The van der Waals surface area contributed by atoms with Crippen LogP contribution in [-0.2, 0) is 4.79 Å². The number of piperazine rings is 1. The van der Waals surface area contributed by atoms with Crippen LogP contribution < -0.4 is 4.74 Å². The number of hydrogen-bond acceptors (Lipinski definition) is 5. The monoisotopic (exact) mass is 441 g/mol. The summed E-state index contributed by atoms with van der Waals surface area (Å²) in [6.07, 6.45) is 0. The number of hydrogen-bond donors (Lipinski definition) is 0. The third-order valence-corrected chi connectivity index (χ3v) is 6.07. The van der Waals surface area contributed by atoms with Crippen molar-refractivity contribution in [2.75, 3.05) is 39.8 Å². The summed E-state index contributed by atoms with van der Waals surface area (Å²) in [5.41, 5.74) is 4.56. The molecule has 2 aromatic carbocycles. The average molecular weight is 442 g/mol. The van der Waals surface area contributed by atoms with E-state index in [9.17, 15) is 4.79 Å². The van der Waals surface area contributed by atoms with Crippen LogP contribution in [0, 0.1) is 6.92 Å². The van der Waals surface area contributed by atoms with Gasteiger partial charge in [0.25, 0.3) is 5.91 Å². The lowest BCUT2D eigenvalue weighted by molar-refractivity contribution is -0.135. The normalized spacial score (nSPS) is 14.5. The Labute approximate surface area is 193 Å². The lowest BCUT2D eigenvalue weighted by atomic mass is 10.0. The fraction of sp³-hybridized carbons (Fsp3) is 0.269. The highest BCUT2D eigenvalue weighted by Crippen LogP contribution is 2.34. The number of para-hydroxylation sites is 1. The predicted molar refractivity (Wildman–Crippen MR) is 129 cm³/mol. The van der Waals surface area contributed by atoms with E-state index in [1.165, 1.54) is 0 Å². The lowest BCUT2D eigenvalue weighted by Crippen LogP contribution is -2.48. The quantitative estimate of drug-likeness (QED) is 0.474. The first-order valence-corrected chi connectivity index (χ1v) is 11.2. The minimum Gasteiger partial charge on any atom is -0.467 e. The molecule has 7 nitrogen and oxygen atoms in total. The second-order valence-electron chi connectivity index (χ2n) is 8.38. The summed E-state index contributed by atoms with van der Waals surface area (Å²) in [6.45, 7) is 5.16. The molecule has 0 N–H and O–H groups in total. The zero-order valence-electron chi connectivity index (χ0n) is 18.9. The zero-order valence-corrected chi connectivity index (χ0v) is 18.9. The van der Waals surface area contributed by atoms with Crippen molar-refractivity contribution >= 4 is 16.9 Å². The predicted octanol–water partition coefficient (Wildman–Crippen LogP) is 3.55. The molecule has 0 atom stereocenters. The Morgan fingerprint density at radius 2 is 1.64 bits per heavy atom. The maximum Gasteiger partial charge on any atom is 0.260 e. The highest BCUT2D eigenvalue weighted by atomic mass is 16.5. The van der Waals surface area contributed by atoms with Crippen molar-refractivity contribution in [2.24, 2.45) is 0 Å². The molecule has 168 valence electrons. The molecule has 7 heteroatoms. The standard InChI is InChI=1S/C26H27N5O2/c1-19-25-22(20-9-5-3-6-10-20)17-23(33-18-24(32)30-15-13-29(2)14-16-30)27-26(25)31(28-19)21-11-7-4-8-12-21/h3-12,17H,13-16,18H2,1-2H3. The molecule has 1 saturated heterocycles. The number of aryl methyl sites for hydroxylation is 1. The Morgan fingerprint density at radius 1 is 0.970 bits per heavy atom. The van der Waals surface area contributed by atoms with Gasteiger partial charge in [-0.15, -0.1) is 0 Å². The van der Waals surface area contributed by atoms with Crippen molar-refractivity contribution in [3.05, 3.63) is 72.4 Å². The van der Waals surface area contributed by atoms with Crippen LogP contribution in [0.3, 0.4) is 0 Å². The van der Waals surface area contributed by atoms with Gasteiger partial charge in [0.05, 0.1) is 16.8 Å². The minimum absolute atomic E-state index is 0.0148. The maximum absolute atomic E-state index is 12.7. The van der Waals surface area contributed by atoms with Crippen molar-refractivity contribution in [2.45, 2.75) is 6.92 Å². The molecule has 0 aliphatic carbocycles. The van der Waals surface area contributed by atoms with E-state index in [4.69, 9.17) is 14.8 Å². The first-order valence-electron chi connectivity index (χ1n) is 11.2. The average Bonchev–Trinajstić information content (AvgIpc) is 3.20. The van der Waals surface area contributed by atoms with E-state index in [2.05, 4.69) is 24.1 Å². The van der Waals surface area contributed by atoms with Crippen molar-refractivity contribution in [1.29, 1.82) is 0 Å². The van der Waals surface area contributed by atoms with Gasteiger partial charge in [-0.25, -0.2) is 4.68 Å². The lowest BCUT2D eigenvalue weighted by Gasteiger charge is -2.32. The molecule has 4 aromatic rings. The van der Waals surface area contributed by atoms with Crippen LogP contribution in [0.4, 0.5) is 0 Å². The number of carbonyl (C=O) groups is 1. The summed E-state index contributed by atoms with van der Waals surface area (Å²) in [4.78, 5) is 21.6. The fourth-order valence-electron chi connectivity index (χ4n) is 4.22. The Balaban J connectivity index is 1.53. The number of amides is 1. The number of aromatic nitrogens is 3. The van der Waals surface area contributed by atoms with Gasteiger partial charge < -0.3 is 14.5 Å². The van der Waals surface area contributed by atoms with E-state index in [-0.39, 0.29) is 12.5 Å². The largest absolute Gasteiger partial charge is 0.467 e. The van der Waals surface area contributed by atoms with Crippen molar-refractivity contribution in [3.8, 4) is 22.7 Å². The molecule has 1 amide bonds. The molecular formula is C26H27N5O2. The van der Waals surface area contributed by atoms with E-state index >= 15 is 0 Å². The van der Waals surface area contributed by atoms with Crippen LogP contribution in [0.2, 0.25) is 0 Å². The molecule has 1 fully saturated rings. The van der Waals surface area contributed by atoms with Gasteiger partial charge in [0, 0.05) is 32.2 Å². The van der Waals surface area contributed by atoms with Gasteiger partial charge in [-0.05, 0) is 37.2 Å². The Morgan fingerprint density at radius 3 is 2.33 bits per heavy atom. The Hall–Kier alpha value is -3.71. The van der Waals surface area contributed by atoms with Crippen LogP contribution in [0.1, 0.15) is 5.69 Å². The number of fused-ring (bicyclic) bond motifs is 1. The molecule has 33 heavy (non-hydrogen) atoms. The first-order chi connectivity index (χ1) is 16.1. The maximum atomic E-state index is 12.7. The summed E-state index contributed by atoms with van der Waals surface area (Å²) >= 11 is 0. The van der Waals surface area contributed by atoms with Gasteiger partial charge in [0.2, 0.25) is 5.88 Å². The molecule has 2 aromatic heterocycles. The minimum atomic E-state index is -0.0328. The number of pyridine rings is 1. The van der Waals surface area contributed by atoms with E-state index in [1.54, 1.807) is 0 Å².